The highest BCUT2D eigenvalue weighted by Gasteiger charge is 2.34. The smallest absolute Gasteiger partial charge is 0.261 e. The Morgan fingerprint density at radius 3 is 2.36 bits per heavy atom. The van der Waals surface area contributed by atoms with Crippen LogP contribution in [0.2, 0.25) is 5.02 Å². The number of hydrogen-bond donors (Lipinski definition) is 0. The number of ether oxygens (including phenoxy) is 1. The molecule has 1 aliphatic rings. The lowest BCUT2D eigenvalue weighted by Crippen LogP contribution is -2.43. The highest BCUT2D eigenvalue weighted by molar-refractivity contribution is 7.91. The molecule has 2 aromatic rings. The Hall–Kier alpha value is -2.05. The Labute approximate surface area is 171 Å². The van der Waals surface area contributed by atoms with Crippen molar-refractivity contribution in [1.82, 2.24) is 4.90 Å². The Bertz CT molecular complexity index is 937. The zero-order valence-corrected chi connectivity index (χ0v) is 17.6. The van der Waals surface area contributed by atoms with Gasteiger partial charge in [0.05, 0.1) is 11.5 Å². The van der Waals surface area contributed by atoms with Crippen LogP contribution in [-0.4, -0.2) is 43.4 Å². The SMILES string of the molecule is Cc1cc(C)cc(OCC(=O)N(Cc2ccc(Cl)cc2)[C@@H]2CCS(=O)(=O)C2)c1. The number of amides is 1. The number of rotatable bonds is 6. The number of aryl methyl sites for hydroxylation is 2. The van der Waals surface area contributed by atoms with Gasteiger partial charge in [0.2, 0.25) is 0 Å². The first-order valence-electron chi connectivity index (χ1n) is 9.17. The molecule has 0 bridgehead atoms. The third kappa shape index (κ3) is 5.49. The van der Waals surface area contributed by atoms with Gasteiger partial charge in [-0.05, 0) is 61.2 Å². The van der Waals surface area contributed by atoms with Gasteiger partial charge in [-0.25, -0.2) is 8.42 Å². The molecule has 1 atom stereocenters. The summed E-state index contributed by atoms with van der Waals surface area (Å²) in [5.74, 6) is 0.517. The normalized spacial score (nSPS) is 18.0. The van der Waals surface area contributed by atoms with E-state index in [-0.39, 0.29) is 30.1 Å². The number of halogens is 1. The molecule has 0 saturated carbocycles. The summed E-state index contributed by atoms with van der Waals surface area (Å²) >= 11 is 5.94. The van der Waals surface area contributed by atoms with E-state index in [1.54, 1.807) is 17.0 Å². The molecule has 150 valence electrons. The van der Waals surface area contributed by atoms with E-state index in [4.69, 9.17) is 16.3 Å². The van der Waals surface area contributed by atoms with Crippen LogP contribution in [0.25, 0.3) is 0 Å². The highest BCUT2D eigenvalue weighted by Crippen LogP contribution is 2.22. The van der Waals surface area contributed by atoms with E-state index in [0.717, 1.165) is 16.7 Å². The van der Waals surface area contributed by atoms with E-state index in [1.165, 1.54) is 0 Å². The molecule has 7 heteroatoms. The summed E-state index contributed by atoms with van der Waals surface area (Å²) in [5, 5.41) is 0.614. The fourth-order valence-corrected chi connectivity index (χ4v) is 5.33. The molecule has 1 saturated heterocycles. The molecule has 0 N–H and O–H groups in total. The lowest BCUT2D eigenvalue weighted by Gasteiger charge is -2.28. The minimum absolute atomic E-state index is 0.00408. The summed E-state index contributed by atoms with van der Waals surface area (Å²) in [6, 6.07) is 12.7. The molecule has 0 spiro atoms. The second-order valence-corrected chi connectivity index (χ2v) is 9.98. The van der Waals surface area contributed by atoms with Gasteiger partial charge in [0, 0.05) is 17.6 Å². The van der Waals surface area contributed by atoms with Crippen LogP contribution in [0.1, 0.15) is 23.1 Å². The fourth-order valence-electron chi connectivity index (χ4n) is 3.47. The summed E-state index contributed by atoms with van der Waals surface area (Å²) in [6.07, 6.45) is 0.450. The maximum Gasteiger partial charge on any atom is 0.261 e. The Morgan fingerprint density at radius 1 is 1.14 bits per heavy atom. The van der Waals surface area contributed by atoms with E-state index < -0.39 is 9.84 Å². The van der Waals surface area contributed by atoms with Crippen LogP contribution in [0.3, 0.4) is 0 Å². The Morgan fingerprint density at radius 2 is 1.79 bits per heavy atom. The van der Waals surface area contributed by atoms with Crippen molar-refractivity contribution < 1.29 is 17.9 Å². The van der Waals surface area contributed by atoms with Crippen molar-refractivity contribution in [2.24, 2.45) is 0 Å². The maximum absolute atomic E-state index is 12.9. The molecule has 0 unspecified atom stereocenters. The van der Waals surface area contributed by atoms with Crippen LogP contribution < -0.4 is 4.74 Å². The monoisotopic (exact) mass is 421 g/mol. The average molecular weight is 422 g/mol. The third-order valence-corrected chi connectivity index (χ3v) is 6.80. The van der Waals surface area contributed by atoms with Crippen molar-refractivity contribution in [3.05, 3.63) is 64.2 Å². The van der Waals surface area contributed by atoms with Crippen molar-refractivity contribution in [2.45, 2.75) is 32.9 Å². The highest BCUT2D eigenvalue weighted by atomic mass is 35.5. The summed E-state index contributed by atoms with van der Waals surface area (Å²) in [7, 11) is -3.11. The van der Waals surface area contributed by atoms with Gasteiger partial charge < -0.3 is 9.64 Å². The Balaban J connectivity index is 1.75. The zero-order chi connectivity index (χ0) is 20.3. The lowest BCUT2D eigenvalue weighted by molar-refractivity contribution is -0.136. The van der Waals surface area contributed by atoms with Crippen molar-refractivity contribution in [3.8, 4) is 5.75 Å². The summed E-state index contributed by atoms with van der Waals surface area (Å²) in [5.41, 5.74) is 3.01. The number of sulfone groups is 1. The van der Waals surface area contributed by atoms with E-state index in [1.807, 2.05) is 44.2 Å². The number of benzene rings is 2. The predicted molar refractivity (Wildman–Crippen MR) is 110 cm³/mol. The van der Waals surface area contributed by atoms with Crippen LogP contribution >= 0.6 is 11.6 Å². The van der Waals surface area contributed by atoms with E-state index >= 15 is 0 Å². The minimum atomic E-state index is -3.11. The van der Waals surface area contributed by atoms with Crippen LogP contribution in [0.4, 0.5) is 0 Å². The van der Waals surface area contributed by atoms with Gasteiger partial charge in [-0.3, -0.25) is 4.79 Å². The molecule has 5 nitrogen and oxygen atoms in total. The van der Waals surface area contributed by atoms with Gasteiger partial charge in [-0.1, -0.05) is 29.8 Å². The first-order valence-corrected chi connectivity index (χ1v) is 11.4. The van der Waals surface area contributed by atoms with Crippen LogP contribution in [0, 0.1) is 13.8 Å². The zero-order valence-electron chi connectivity index (χ0n) is 16.0. The molecule has 3 rings (SSSR count). The second-order valence-electron chi connectivity index (χ2n) is 7.32. The molecule has 0 radical (unpaired) electrons. The number of hydrogen-bond acceptors (Lipinski definition) is 4. The number of carbonyl (C=O) groups excluding carboxylic acids is 1. The number of carbonyl (C=O) groups is 1. The van der Waals surface area contributed by atoms with E-state index in [9.17, 15) is 13.2 Å². The molecular weight excluding hydrogens is 398 g/mol. The van der Waals surface area contributed by atoms with Gasteiger partial charge in [-0.2, -0.15) is 0 Å². The van der Waals surface area contributed by atoms with Crippen LogP contribution in [0.15, 0.2) is 42.5 Å². The van der Waals surface area contributed by atoms with Crippen molar-refractivity contribution in [1.29, 1.82) is 0 Å². The van der Waals surface area contributed by atoms with Gasteiger partial charge in [0.1, 0.15) is 5.75 Å². The minimum Gasteiger partial charge on any atom is -0.484 e. The number of nitrogens with zero attached hydrogens (tertiary/aromatic N) is 1. The molecule has 0 aliphatic carbocycles. The quantitative estimate of drug-likeness (QED) is 0.715. The molecule has 28 heavy (non-hydrogen) atoms. The van der Waals surface area contributed by atoms with Crippen LogP contribution in [-0.2, 0) is 21.2 Å². The molecular formula is C21H24ClNO4S. The topological polar surface area (TPSA) is 63.7 Å². The summed E-state index contributed by atoms with van der Waals surface area (Å²) in [6.45, 7) is 4.13. The molecule has 1 fully saturated rings. The second kappa shape index (κ2) is 8.53. The average Bonchev–Trinajstić information content (AvgIpc) is 2.98. The summed E-state index contributed by atoms with van der Waals surface area (Å²) < 4.78 is 29.6. The van der Waals surface area contributed by atoms with Gasteiger partial charge in [0.25, 0.3) is 5.91 Å². The van der Waals surface area contributed by atoms with Crippen molar-refractivity contribution >= 4 is 27.3 Å². The van der Waals surface area contributed by atoms with Crippen LogP contribution in [0.5, 0.6) is 5.75 Å². The van der Waals surface area contributed by atoms with E-state index in [2.05, 4.69) is 0 Å². The van der Waals surface area contributed by atoms with Gasteiger partial charge in [0.15, 0.2) is 16.4 Å². The molecule has 1 amide bonds. The predicted octanol–water partition coefficient (Wildman–Crippen LogP) is 3.55. The van der Waals surface area contributed by atoms with E-state index in [0.29, 0.717) is 23.7 Å². The first kappa shape index (κ1) is 20.7. The first-order chi connectivity index (χ1) is 13.2. The van der Waals surface area contributed by atoms with Gasteiger partial charge >= 0.3 is 0 Å². The lowest BCUT2D eigenvalue weighted by atomic mass is 10.1. The molecule has 0 aromatic heterocycles. The Kier molecular flexibility index (Phi) is 6.30. The fraction of sp³-hybridized carbons (Fsp3) is 0.381. The van der Waals surface area contributed by atoms with Crippen molar-refractivity contribution in [3.63, 3.8) is 0 Å². The molecule has 1 aliphatic heterocycles. The third-order valence-electron chi connectivity index (χ3n) is 4.79. The standard InChI is InChI=1S/C21H24ClNO4S/c1-15-9-16(2)11-20(10-15)27-13-21(24)23(19-7-8-28(25,26)14-19)12-17-3-5-18(22)6-4-17/h3-6,9-11,19H,7-8,12-14H2,1-2H3/t19-/m1/s1. The maximum atomic E-state index is 12.9. The molecule has 1 heterocycles. The largest absolute Gasteiger partial charge is 0.484 e. The summed E-state index contributed by atoms with van der Waals surface area (Å²) in [4.78, 5) is 14.6. The molecule has 2 aromatic carbocycles. The van der Waals surface area contributed by atoms with Gasteiger partial charge in [-0.15, -0.1) is 0 Å². The van der Waals surface area contributed by atoms with Crippen molar-refractivity contribution in [2.75, 3.05) is 18.1 Å².